The highest BCUT2D eigenvalue weighted by Crippen LogP contribution is 2.09. The minimum atomic E-state index is -1.22. The lowest BCUT2D eigenvalue weighted by Gasteiger charge is -2.04. The van der Waals surface area contributed by atoms with E-state index >= 15 is 0 Å². The van der Waals surface area contributed by atoms with E-state index in [4.69, 9.17) is 9.52 Å². The van der Waals surface area contributed by atoms with Gasteiger partial charge in [0.2, 0.25) is 0 Å². The number of rotatable bonds is 4. The lowest BCUT2D eigenvalue weighted by molar-refractivity contribution is -0.132. The fraction of sp³-hybridized carbons (Fsp3) is 0.0667. The van der Waals surface area contributed by atoms with Gasteiger partial charge in [0.15, 0.2) is 5.76 Å². The van der Waals surface area contributed by atoms with E-state index in [9.17, 15) is 9.59 Å². The number of aliphatic carboxylic acids is 1. The second-order valence-electron chi connectivity index (χ2n) is 4.21. The number of hydrogen-bond acceptors (Lipinski definition) is 3. The molecule has 0 saturated carbocycles. The van der Waals surface area contributed by atoms with Crippen LogP contribution in [0.5, 0.6) is 0 Å². The number of amides is 1. The molecule has 1 aromatic heterocycles. The van der Waals surface area contributed by atoms with Gasteiger partial charge in [0.1, 0.15) is 5.70 Å². The fourth-order valence-electron chi connectivity index (χ4n) is 1.57. The monoisotopic (exact) mass is 271 g/mol. The first kappa shape index (κ1) is 13.6. The van der Waals surface area contributed by atoms with Crippen molar-refractivity contribution in [2.75, 3.05) is 0 Å². The highest BCUT2D eigenvalue weighted by molar-refractivity contribution is 6.01. The van der Waals surface area contributed by atoms with Crippen molar-refractivity contribution >= 4 is 18.0 Å². The van der Waals surface area contributed by atoms with Crippen molar-refractivity contribution in [2.45, 2.75) is 6.92 Å². The molecule has 102 valence electrons. The molecule has 0 bridgehead atoms. The average Bonchev–Trinajstić information content (AvgIpc) is 2.94. The zero-order valence-electron chi connectivity index (χ0n) is 10.8. The van der Waals surface area contributed by atoms with Gasteiger partial charge in [-0.2, -0.15) is 0 Å². The molecular weight excluding hydrogens is 258 g/mol. The summed E-state index contributed by atoms with van der Waals surface area (Å²) in [5, 5.41) is 11.4. The standard InChI is InChI=1S/C15H13NO4/c1-10-4-6-11(7-5-10)9-12(15(18)19)16-14(17)13-3-2-8-20-13/h2-9H,1H3,(H,16,17)(H,18,19)/b12-9-. The molecule has 5 nitrogen and oxygen atoms in total. The first-order valence-corrected chi connectivity index (χ1v) is 5.93. The molecule has 0 fully saturated rings. The van der Waals surface area contributed by atoms with E-state index in [2.05, 4.69) is 5.32 Å². The number of hydrogen-bond donors (Lipinski definition) is 2. The quantitative estimate of drug-likeness (QED) is 0.837. The summed E-state index contributed by atoms with van der Waals surface area (Å²) in [5.41, 5.74) is 1.54. The summed E-state index contributed by atoms with van der Waals surface area (Å²) in [7, 11) is 0. The molecule has 2 aromatic rings. The van der Waals surface area contributed by atoms with Gasteiger partial charge in [-0.3, -0.25) is 4.79 Å². The van der Waals surface area contributed by atoms with Crippen molar-refractivity contribution in [3.8, 4) is 0 Å². The molecule has 0 atom stereocenters. The Hall–Kier alpha value is -2.82. The Kier molecular flexibility index (Phi) is 4.00. The van der Waals surface area contributed by atoms with Crippen LogP contribution in [0.2, 0.25) is 0 Å². The topological polar surface area (TPSA) is 79.5 Å². The van der Waals surface area contributed by atoms with Crippen LogP contribution in [-0.4, -0.2) is 17.0 Å². The SMILES string of the molecule is Cc1ccc(/C=C(\NC(=O)c2ccco2)C(=O)O)cc1. The number of benzene rings is 1. The number of aryl methyl sites for hydroxylation is 1. The number of carbonyl (C=O) groups excluding carboxylic acids is 1. The molecule has 20 heavy (non-hydrogen) atoms. The van der Waals surface area contributed by atoms with Crippen molar-refractivity contribution in [3.63, 3.8) is 0 Å². The van der Waals surface area contributed by atoms with E-state index in [1.165, 1.54) is 18.4 Å². The van der Waals surface area contributed by atoms with Crippen molar-refractivity contribution < 1.29 is 19.1 Å². The van der Waals surface area contributed by atoms with Crippen LogP contribution in [0.1, 0.15) is 21.7 Å². The molecule has 2 N–H and O–H groups in total. The van der Waals surface area contributed by atoms with E-state index in [-0.39, 0.29) is 11.5 Å². The van der Waals surface area contributed by atoms with Gasteiger partial charge in [-0.15, -0.1) is 0 Å². The Labute approximate surface area is 115 Å². The summed E-state index contributed by atoms with van der Waals surface area (Å²) in [6.45, 7) is 1.93. The van der Waals surface area contributed by atoms with Crippen molar-refractivity contribution in [2.24, 2.45) is 0 Å². The molecule has 1 amide bonds. The van der Waals surface area contributed by atoms with Crippen LogP contribution in [0.4, 0.5) is 0 Å². The molecule has 0 spiro atoms. The van der Waals surface area contributed by atoms with E-state index in [1.807, 2.05) is 19.1 Å². The first-order chi connectivity index (χ1) is 9.56. The van der Waals surface area contributed by atoms with Gasteiger partial charge in [-0.1, -0.05) is 29.8 Å². The van der Waals surface area contributed by atoms with Crippen LogP contribution >= 0.6 is 0 Å². The third-order valence-electron chi connectivity index (χ3n) is 2.61. The first-order valence-electron chi connectivity index (χ1n) is 5.93. The van der Waals surface area contributed by atoms with Gasteiger partial charge < -0.3 is 14.8 Å². The maximum absolute atomic E-state index is 11.8. The van der Waals surface area contributed by atoms with E-state index in [0.717, 1.165) is 5.56 Å². The average molecular weight is 271 g/mol. The summed E-state index contributed by atoms with van der Waals surface area (Å²) < 4.78 is 4.91. The molecule has 0 aliphatic rings. The molecule has 1 aromatic carbocycles. The normalized spacial score (nSPS) is 11.2. The van der Waals surface area contributed by atoms with Gasteiger partial charge in [-0.25, -0.2) is 4.79 Å². The summed E-state index contributed by atoms with van der Waals surface area (Å²) in [5.74, 6) is -1.76. The zero-order valence-corrected chi connectivity index (χ0v) is 10.8. The minimum Gasteiger partial charge on any atom is -0.477 e. The van der Waals surface area contributed by atoms with E-state index in [1.54, 1.807) is 18.2 Å². The van der Waals surface area contributed by atoms with Gasteiger partial charge >= 0.3 is 5.97 Å². The van der Waals surface area contributed by atoms with Crippen molar-refractivity contribution in [3.05, 3.63) is 65.2 Å². The molecule has 0 aliphatic heterocycles. The summed E-state index contributed by atoms with van der Waals surface area (Å²) in [6.07, 6.45) is 2.74. The van der Waals surface area contributed by atoms with Crippen molar-refractivity contribution in [1.29, 1.82) is 0 Å². The predicted octanol–water partition coefficient (Wildman–Crippen LogP) is 2.44. The molecule has 0 aliphatic carbocycles. The molecule has 0 saturated heterocycles. The summed E-state index contributed by atoms with van der Waals surface area (Å²) in [4.78, 5) is 22.9. The van der Waals surface area contributed by atoms with Crippen molar-refractivity contribution in [1.82, 2.24) is 5.32 Å². The van der Waals surface area contributed by atoms with Crippen LogP contribution in [0.15, 0.2) is 52.8 Å². The predicted molar refractivity (Wildman–Crippen MR) is 73.0 cm³/mol. The van der Waals surface area contributed by atoms with E-state index < -0.39 is 11.9 Å². The third kappa shape index (κ3) is 3.35. The van der Waals surface area contributed by atoms with Crippen LogP contribution in [0, 0.1) is 6.92 Å². The summed E-state index contributed by atoms with van der Waals surface area (Å²) >= 11 is 0. The van der Waals surface area contributed by atoms with Crippen LogP contribution in [-0.2, 0) is 4.79 Å². The molecule has 0 unspecified atom stereocenters. The fourth-order valence-corrected chi connectivity index (χ4v) is 1.57. The third-order valence-corrected chi connectivity index (χ3v) is 2.61. The van der Waals surface area contributed by atoms with Crippen LogP contribution in [0.3, 0.4) is 0 Å². The zero-order chi connectivity index (χ0) is 14.5. The highest BCUT2D eigenvalue weighted by Gasteiger charge is 2.15. The highest BCUT2D eigenvalue weighted by atomic mass is 16.4. The molecule has 5 heteroatoms. The Balaban J connectivity index is 2.21. The Morgan fingerprint density at radius 3 is 2.45 bits per heavy atom. The maximum atomic E-state index is 11.8. The van der Waals surface area contributed by atoms with Crippen LogP contribution in [0.25, 0.3) is 6.08 Å². The van der Waals surface area contributed by atoms with E-state index in [0.29, 0.717) is 5.56 Å². The molecule has 0 radical (unpaired) electrons. The lowest BCUT2D eigenvalue weighted by atomic mass is 10.1. The molecular formula is C15H13NO4. The molecule has 1 heterocycles. The number of furan rings is 1. The Morgan fingerprint density at radius 1 is 1.20 bits per heavy atom. The largest absolute Gasteiger partial charge is 0.477 e. The summed E-state index contributed by atoms with van der Waals surface area (Å²) in [6, 6.07) is 10.3. The second-order valence-corrected chi connectivity index (χ2v) is 4.21. The number of nitrogens with one attached hydrogen (secondary N) is 1. The molecule has 2 rings (SSSR count). The number of carboxylic acid groups (broad SMARTS) is 1. The van der Waals surface area contributed by atoms with Crippen LogP contribution < -0.4 is 5.32 Å². The Bertz CT molecular complexity index is 639. The van der Waals surface area contributed by atoms with Gasteiger partial charge in [0, 0.05) is 0 Å². The van der Waals surface area contributed by atoms with Gasteiger partial charge in [0.05, 0.1) is 6.26 Å². The number of carboxylic acids is 1. The lowest BCUT2D eigenvalue weighted by Crippen LogP contribution is -2.26. The minimum absolute atomic E-state index is 0.0565. The number of carbonyl (C=O) groups is 2. The smallest absolute Gasteiger partial charge is 0.352 e. The maximum Gasteiger partial charge on any atom is 0.352 e. The van der Waals surface area contributed by atoms with Gasteiger partial charge in [0.25, 0.3) is 5.91 Å². The second kappa shape index (κ2) is 5.88. The van der Waals surface area contributed by atoms with Gasteiger partial charge in [-0.05, 0) is 30.7 Å². The Morgan fingerprint density at radius 2 is 1.90 bits per heavy atom.